The van der Waals surface area contributed by atoms with Gasteiger partial charge in [-0.15, -0.1) is 0 Å². The van der Waals surface area contributed by atoms with E-state index in [4.69, 9.17) is 16.6 Å². The van der Waals surface area contributed by atoms with Crippen LogP contribution in [0.4, 0.5) is 0 Å². The Hall–Kier alpha value is -0.740. The zero-order chi connectivity index (χ0) is 14.5. The van der Waals surface area contributed by atoms with Crippen molar-refractivity contribution in [1.29, 1.82) is 0 Å². The molecule has 1 aliphatic heterocycles. The number of fused-ring (bicyclic) bond motifs is 1. The van der Waals surface area contributed by atoms with Crippen LogP contribution >= 0.6 is 23.4 Å². The summed E-state index contributed by atoms with van der Waals surface area (Å²) in [7, 11) is 0. The second-order valence-corrected chi connectivity index (χ2v) is 6.49. The first-order valence-electron chi connectivity index (χ1n) is 7.30. The number of aryl methyl sites for hydroxylation is 1. The van der Waals surface area contributed by atoms with Crippen molar-refractivity contribution >= 4 is 29.4 Å². The summed E-state index contributed by atoms with van der Waals surface area (Å²) < 4.78 is 1.85. The van der Waals surface area contributed by atoms with Gasteiger partial charge in [0.25, 0.3) is 5.56 Å². The van der Waals surface area contributed by atoms with E-state index >= 15 is 0 Å². The van der Waals surface area contributed by atoms with Gasteiger partial charge in [-0.25, -0.2) is 4.98 Å². The van der Waals surface area contributed by atoms with Crippen molar-refractivity contribution in [2.75, 3.05) is 5.75 Å². The molecule has 20 heavy (non-hydrogen) atoms. The Bertz CT molecular complexity index is 566. The molecule has 2 heterocycles. The fraction of sp³-hybridized carbons (Fsp3) is 0.600. The van der Waals surface area contributed by atoms with Gasteiger partial charge in [0.1, 0.15) is 10.9 Å². The summed E-state index contributed by atoms with van der Waals surface area (Å²) >= 11 is 7.63. The largest absolute Gasteiger partial charge is 0.296 e. The normalized spacial score (nSPS) is 14.1. The van der Waals surface area contributed by atoms with Gasteiger partial charge in [-0.05, 0) is 18.9 Å². The summed E-state index contributed by atoms with van der Waals surface area (Å²) in [6.07, 6.45) is 6.92. The van der Waals surface area contributed by atoms with Crippen LogP contribution in [-0.2, 0) is 13.0 Å². The number of hydrogen-bond acceptors (Lipinski definition) is 3. The van der Waals surface area contributed by atoms with Gasteiger partial charge >= 0.3 is 0 Å². The third-order valence-electron chi connectivity index (χ3n) is 3.39. The second kappa shape index (κ2) is 7.32. The lowest BCUT2D eigenvalue weighted by molar-refractivity contribution is 0.551. The van der Waals surface area contributed by atoms with Gasteiger partial charge in [-0.1, -0.05) is 50.1 Å². The minimum absolute atomic E-state index is 0.0694. The highest BCUT2D eigenvalue weighted by molar-refractivity contribution is 7.99. The molecule has 1 aromatic heterocycles. The molecule has 3 nitrogen and oxygen atoms in total. The van der Waals surface area contributed by atoms with Crippen molar-refractivity contribution in [2.45, 2.75) is 57.5 Å². The van der Waals surface area contributed by atoms with Crippen LogP contribution in [-0.4, -0.2) is 15.3 Å². The molecule has 2 rings (SSSR count). The lowest BCUT2D eigenvalue weighted by atomic mass is 10.2. The van der Waals surface area contributed by atoms with E-state index in [-0.39, 0.29) is 5.56 Å². The zero-order valence-electron chi connectivity index (χ0n) is 12.1. The molecule has 1 aromatic rings. The monoisotopic (exact) mass is 312 g/mol. The molecule has 0 saturated heterocycles. The number of rotatable bonds is 6. The molecule has 0 spiro atoms. The summed E-state index contributed by atoms with van der Waals surface area (Å²) in [5.41, 5.74) is 0.738. The van der Waals surface area contributed by atoms with Crippen LogP contribution in [0.2, 0.25) is 0 Å². The number of aromatic nitrogens is 2. The van der Waals surface area contributed by atoms with Crippen LogP contribution in [0.25, 0.3) is 6.08 Å². The van der Waals surface area contributed by atoms with E-state index in [1.54, 1.807) is 17.8 Å². The Balaban J connectivity index is 2.46. The molecule has 0 saturated carbocycles. The maximum absolute atomic E-state index is 12.7. The Morgan fingerprint density at radius 3 is 2.80 bits per heavy atom. The summed E-state index contributed by atoms with van der Waals surface area (Å²) in [6, 6.07) is 0. The highest BCUT2D eigenvalue weighted by Crippen LogP contribution is 2.30. The van der Waals surface area contributed by atoms with E-state index in [1.807, 2.05) is 4.57 Å². The lowest BCUT2D eigenvalue weighted by Crippen LogP contribution is -2.29. The zero-order valence-corrected chi connectivity index (χ0v) is 13.7. The van der Waals surface area contributed by atoms with Crippen LogP contribution in [0.15, 0.2) is 14.9 Å². The lowest BCUT2D eigenvalue weighted by Gasteiger charge is -2.17. The van der Waals surface area contributed by atoms with Gasteiger partial charge in [-0.3, -0.25) is 9.36 Å². The Morgan fingerprint density at radius 1 is 1.35 bits per heavy atom. The van der Waals surface area contributed by atoms with Crippen molar-refractivity contribution in [3.63, 3.8) is 0 Å². The number of thioether (sulfide) groups is 1. The first-order valence-corrected chi connectivity index (χ1v) is 8.66. The molecule has 0 radical (unpaired) electrons. The molecule has 0 unspecified atom stereocenters. The fourth-order valence-electron chi connectivity index (χ4n) is 2.23. The Labute approximate surface area is 129 Å². The highest BCUT2D eigenvalue weighted by Gasteiger charge is 2.19. The number of halogens is 1. The molecule has 5 heteroatoms. The first kappa shape index (κ1) is 15.6. The molecular weight excluding hydrogens is 292 g/mol. The third kappa shape index (κ3) is 3.47. The van der Waals surface area contributed by atoms with Crippen molar-refractivity contribution in [1.82, 2.24) is 9.55 Å². The minimum atomic E-state index is 0.0694. The average molecular weight is 313 g/mol. The number of unbranched alkanes of at least 4 members (excludes halogenated alkanes) is 2. The predicted octanol–water partition coefficient (Wildman–Crippen LogP) is 4.07. The fourth-order valence-corrected chi connectivity index (χ4v) is 3.34. The van der Waals surface area contributed by atoms with E-state index < -0.39 is 0 Å². The Morgan fingerprint density at radius 2 is 2.10 bits per heavy atom. The van der Waals surface area contributed by atoms with E-state index in [9.17, 15) is 4.79 Å². The molecular formula is C15H21ClN2OS. The smallest absolute Gasteiger partial charge is 0.261 e. The van der Waals surface area contributed by atoms with Gasteiger partial charge in [0, 0.05) is 23.8 Å². The van der Waals surface area contributed by atoms with Gasteiger partial charge < -0.3 is 0 Å². The van der Waals surface area contributed by atoms with Crippen LogP contribution in [0.5, 0.6) is 0 Å². The third-order valence-corrected chi connectivity index (χ3v) is 4.83. The van der Waals surface area contributed by atoms with Crippen molar-refractivity contribution in [3.05, 3.63) is 26.8 Å². The molecule has 0 aromatic carbocycles. The van der Waals surface area contributed by atoms with Crippen LogP contribution in [0.3, 0.4) is 0 Å². The van der Waals surface area contributed by atoms with Crippen LogP contribution in [0.1, 0.15) is 50.9 Å². The van der Waals surface area contributed by atoms with Gasteiger partial charge in [0.05, 0.1) is 5.56 Å². The van der Waals surface area contributed by atoms with Gasteiger partial charge in [0.2, 0.25) is 0 Å². The standard InChI is InChI=1S/C15H21ClN2OS/c1-3-5-7-13-17-14-12(9-11(16)10-20-14)15(19)18(13)8-6-4-2/h9H,3-8,10H2,1-2H3. The Kier molecular flexibility index (Phi) is 5.73. The van der Waals surface area contributed by atoms with E-state index in [1.165, 1.54) is 0 Å². The average Bonchev–Trinajstić information content (AvgIpc) is 2.45. The van der Waals surface area contributed by atoms with Gasteiger partial charge in [-0.2, -0.15) is 0 Å². The number of hydrogen-bond donors (Lipinski definition) is 0. The molecule has 110 valence electrons. The molecule has 0 atom stereocenters. The van der Waals surface area contributed by atoms with E-state index in [2.05, 4.69) is 13.8 Å². The summed E-state index contributed by atoms with van der Waals surface area (Å²) in [6.45, 7) is 5.05. The van der Waals surface area contributed by atoms with E-state index in [0.29, 0.717) is 11.3 Å². The molecule has 0 N–H and O–H groups in total. The summed E-state index contributed by atoms with van der Waals surface area (Å²) in [5, 5.41) is 1.57. The molecule has 0 amide bonds. The quantitative estimate of drug-likeness (QED) is 0.743. The SMILES string of the molecule is CCCCc1nc2c(c(=O)n1CCCC)C=C(Cl)CS2. The summed E-state index contributed by atoms with van der Waals surface area (Å²) in [5.74, 6) is 1.65. The molecule has 0 fully saturated rings. The molecule has 1 aliphatic rings. The number of nitrogens with zero attached hydrogens (tertiary/aromatic N) is 2. The molecule has 0 bridgehead atoms. The van der Waals surface area contributed by atoms with Crippen molar-refractivity contribution < 1.29 is 0 Å². The van der Waals surface area contributed by atoms with Crippen molar-refractivity contribution in [3.8, 4) is 0 Å². The van der Waals surface area contributed by atoms with Gasteiger partial charge in [0.15, 0.2) is 0 Å². The highest BCUT2D eigenvalue weighted by atomic mass is 35.5. The summed E-state index contributed by atoms with van der Waals surface area (Å²) in [4.78, 5) is 17.4. The molecule has 0 aliphatic carbocycles. The second-order valence-electron chi connectivity index (χ2n) is 5.04. The van der Waals surface area contributed by atoms with Crippen molar-refractivity contribution in [2.24, 2.45) is 0 Å². The maximum Gasteiger partial charge on any atom is 0.261 e. The first-order chi connectivity index (χ1) is 9.67. The van der Waals surface area contributed by atoms with Crippen LogP contribution in [0, 0.1) is 0 Å². The minimum Gasteiger partial charge on any atom is -0.296 e. The predicted molar refractivity (Wildman–Crippen MR) is 86.6 cm³/mol. The van der Waals surface area contributed by atoms with E-state index in [0.717, 1.165) is 54.5 Å². The topological polar surface area (TPSA) is 34.9 Å². The maximum atomic E-state index is 12.7. The van der Waals surface area contributed by atoms with Crippen LogP contribution < -0.4 is 5.56 Å².